The second-order valence-electron chi connectivity index (χ2n) is 7.86. The quantitative estimate of drug-likeness (QED) is 0.350. The highest BCUT2D eigenvalue weighted by atomic mass is 16.5. The molecule has 1 unspecified atom stereocenters. The van der Waals surface area contributed by atoms with Crippen LogP contribution in [-0.2, 0) is 11.2 Å². The summed E-state index contributed by atoms with van der Waals surface area (Å²) in [6.45, 7) is 0. The maximum absolute atomic E-state index is 12.7. The first kappa shape index (κ1) is 22.8. The van der Waals surface area contributed by atoms with Crippen LogP contribution in [0.4, 0.5) is 4.79 Å². The summed E-state index contributed by atoms with van der Waals surface area (Å²) in [5.41, 5.74) is 3.82. The zero-order valence-corrected chi connectivity index (χ0v) is 18.7. The van der Waals surface area contributed by atoms with E-state index in [1.807, 2.05) is 24.4 Å². The number of benzene rings is 3. The number of imide groups is 1. The number of methoxy groups -OCH3 is 1. The van der Waals surface area contributed by atoms with Gasteiger partial charge in [0.05, 0.1) is 18.7 Å². The molecule has 4 rings (SSSR count). The molecule has 0 bridgehead atoms. The van der Waals surface area contributed by atoms with Crippen molar-refractivity contribution in [1.82, 2.24) is 15.6 Å². The highest BCUT2D eigenvalue weighted by Gasteiger charge is 2.18. The summed E-state index contributed by atoms with van der Waals surface area (Å²) in [5.74, 6) is -0.907. The molecule has 7 nitrogen and oxygen atoms in total. The van der Waals surface area contributed by atoms with Crippen molar-refractivity contribution in [3.05, 3.63) is 107 Å². The smallest absolute Gasteiger partial charge is 0.337 e. The molecule has 34 heavy (non-hydrogen) atoms. The maximum atomic E-state index is 12.7. The normalized spacial score (nSPS) is 11.6. The third kappa shape index (κ3) is 5.32. The first-order valence-corrected chi connectivity index (χ1v) is 11.0. The Kier molecular flexibility index (Phi) is 7.03. The van der Waals surface area contributed by atoms with Crippen LogP contribution in [0.15, 0.2) is 85.1 Å². The van der Waals surface area contributed by atoms with Crippen molar-refractivity contribution in [1.29, 1.82) is 0 Å². The van der Waals surface area contributed by atoms with Gasteiger partial charge < -0.3 is 15.0 Å². The molecule has 4 aromatic rings. The summed E-state index contributed by atoms with van der Waals surface area (Å²) in [7, 11) is 1.33. The fraction of sp³-hybridized carbons (Fsp3) is 0.148. The van der Waals surface area contributed by atoms with Crippen LogP contribution in [-0.4, -0.2) is 30.0 Å². The minimum atomic E-state index is -0.588. The fourth-order valence-electron chi connectivity index (χ4n) is 3.89. The van der Waals surface area contributed by atoms with E-state index in [-0.39, 0.29) is 6.04 Å². The molecule has 7 heteroatoms. The van der Waals surface area contributed by atoms with Crippen LogP contribution < -0.4 is 10.6 Å². The van der Waals surface area contributed by atoms with Crippen LogP contribution in [0.5, 0.6) is 0 Å². The lowest BCUT2D eigenvalue weighted by atomic mass is 9.98. The molecule has 0 aliphatic rings. The number of H-pyrrole nitrogens is 1. The van der Waals surface area contributed by atoms with E-state index in [4.69, 9.17) is 4.74 Å². The van der Waals surface area contributed by atoms with Crippen LogP contribution in [0.25, 0.3) is 10.9 Å². The molecule has 1 aromatic heterocycles. The number of aromatic amines is 1. The van der Waals surface area contributed by atoms with Gasteiger partial charge in [-0.2, -0.15) is 0 Å². The number of aromatic nitrogens is 1. The van der Waals surface area contributed by atoms with Crippen LogP contribution in [0.2, 0.25) is 0 Å². The Morgan fingerprint density at radius 1 is 0.882 bits per heavy atom. The Bertz CT molecular complexity index is 1300. The minimum Gasteiger partial charge on any atom is -0.465 e. The SMILES string of the molecule is COC(=O)c1ccc(C(CCc2c[nH]c3ccccc23)NC(=O)NC(=O)c2ccccc2)cc1. The summed E-state index contributed by atoms with van der Waals surface area (Å²) in [5, 5.41) is 6.43. The van der Waals surface area contributed by atoms with Gasteiger partial charge in [-0.3, -0.25) is 10.1 Å². The van der Waals surface area contributed by atoms with Gasteiger partial charge in [-0.25, -0.2) is 9.59 Å². The molecule has 1 heterocycles. The predicted octanol–water partition coefficient (Wildman–Crippen LogP) is 4.77. The largest absolute Gasteiger partial charge is 0.465 e. The van der Waals surface area contributed by atoms with Crippen LogP contribution in [0.3, 0.4) is 0 Å². The van der Waals surface area contributed by atoms with Gasteiger partial charge in [0.1, 0.15) is 0 Å². The van der Waals surface area contributed by atoms with Gasteiger partial charge in [-0.05, 0) is 54.3 Å². The number of amides is 3. The lowest BCUT2D eigenvalue weighted by Gasteiger charge is -2.20. The van der Waals surface area contributed by atoms with Gasteiger partial charge in [0.15, 0.2) is 0 Å². The highest BCUT2D eigenvalue weighted by molar-refractivity contribution is 6.04. The third-order valence-corrected chi connectivity index (χ3v) is 5.68. The first-order chi connectivity index (χ1) is 16.5. The summed E-state index contributed by atoms with van der Waals surface area (Å²) in [4.78, 5) is 40.1. The van der Waals surface area contributed by atoms with Crippen molar-refractivity contribution in [2.24, 2.45) is 0 Å². The van der Waals surface area contributed by atoms with Gasteiger partial charge in [-0.1, -0.05) is 48.5 Å². The number of carbonyl (C=O) groups is 3. The lowest BCUT2D eigenvalue weighted by Crippen LogP contribution is -2.41. The molecule has 172 valence electrons. The van der Waals surface area contributed by atoms with Crippen molar-refractivity contribution in [2.45, 2.75) is 18.9 Å². The molecule has 3 amide bonds. The van der Waals surface area contributed by atoms with Gasteiger partial charge in [0, 0.05) is 22.7 Å². The molecule has 0 spiro atoms. The van der Waals surface area contributed by atoms with Gasteiger partial charge in [-0.15, -0.1) is 0 Å². The Morgan fingerprint density at radius 3 is 2.32 bits per heavy atom. The fourth-order valence-corrected chi connectivity index (χ4v) is 3.89. The van der Waals surface area contributed by atoms with Crippen LogP contribution >= 0.6 is 0 Å². The second-order valence-corrected chi connectivity index (χ2v) is 7.86. The summed E-state index contributed by atoms with van der Waals surface area (Å²) in [6, 6.07) is 22.5. The van der Waals surface area contributed by atoms with E-state index < -0.39 is 17.9 Å². The molecule has 0 aliphatic carbocycles. The Balaban J connectivity index is 1.51. The Labute approximate surface area is 197 Å². The first-order valence-electron chi connectivity index (χ1n) is 11.0. The average molecular weight is 456 g/mol. The van der Waals surface area contributed by atoms with E-state index in [1.165, 1.54) is 7.11 Å². The summed E-state index contributed by atoms with van der Waals surface area (Å²) in [6.07, 6.45) is 3.26. The topological polar surface area (TPSA) is 100 Å². The number of rotatable bonds is 7. The number of ether oxygens (including phenoxy) is 1. The van der Waals surface area contributed by atoms with E-state index in [9.17, 15) is 14.4 Å². The summed E-state index contributed by atoms with van der Waals surface area (Å²) >= 11 is 0. The average Bonchev–Trinajstić information content (AvgIpc) is 3.29. The molecule has 3 aromatic carbocycles. The molecule has 0 radical (unpaired) electrons. The number of hydrogen-bond donors (Lipinski definition) is 3. The van der Waals surface area contributed by atoms with Crippen molar-refractivity contribution in [3.8, 4) is 0 Å². The number of aryl methyl sites for hydroxylation is 1. The Morgan fingerprint density at radius 2 is 1.59 bits per heavy atom. The van der Waals surface area contributed by atoms with E-state index in [1.54, 1.807) is 54.6 Å². The molecule has 0 saturated carbocycles. The van der Waals surface area contributed by atoms with Gasteiger partial charge in [0.2, 0.25) is 0 Å². The number of hydrogen-bond acceptors (Lipinski definition) is 4. The minimum absolute atomic E-state index is 0.385. The highest BCUT2D eigenvalue weighted by Crippen LogP contribution is 2.24. The van der Waals surface area contributed by atoms with Crippen molar-refractivity contribution in [2.75, 3.05) is 7.11 Å². The van der Waals surface area contributed by atoms with Gasteiger partial charge >= 0.3 is 12.0 Å². The van der Waals surface area contributed by atoms with Crippen molar-refractivity contribution >= 4 is 28.8 Å². The lowest BCUT2D eigenvalue weighted by molar-refractivity contribution is 0.0600. The predicted molar refractivity (Wildman–Crippen MR) is 130 cm³/mol. The number of urea groups is 1. The number of fused-ring (bicyclic) bond motifs is 1. The molecule has 1 atom stereocenters. The maximum Gasteiger partial charge on any atom is 0.337 e. The number of esters is 1. The van der Waals surface area contributed by atoms with Gasteiger partial charge in [0.25, 0.3) is 5.91 Å². The molecule has 0 fully saturated rings. The number of nitrogens with one attached hydrogen (secondary N) is 3. The van der Waals surface area contributed by atoms with E-state index in [0.717, 1.165) is 22.0 Å². The zero-order valence-electron chi connectivity index (χ0n) is 18.7. The monoisotopic (exact) mass is 455 g/mol. The standard InChI is InChI=1S/C27H25N3O4/c1-34-26(32)20-13-11-18(12-14-20)23(16-15-21-17-28-24-10-6-5-9-22(21)24)29-27(33)30-25(31)19-7-3-2-4-8-19/h2-14,17,23,28H,15-16H2,1H3,(H2,29,30,31,33). The second kappa shape index (κ2) is 10.5. The third-order valence-electron chi connectivity index (χ3n) is 5.68. The molecular weight excluding hydrogens is 430 g/mol. The number of para-hydroxylation sites is 1. The van der Waals surface area contributed by atoms with Crippen LogP contribution in [0, 0.1) is 0 Å². The van der Waals surface area contributed by atoms with Crippen molar-refractivity contribution < 1.29 is 19.1 Å². The van der Waals surface area contributed by atoms with E-state index in [2.05, 4.69) is 21.7 Å². The molecular formula is C27H25N3O4. The molecule has 3 N–H and O–H groups in total. The van der Waals surface area contributed by atoms with Crippen LogP contribution in [0.1, 0.15) is 44.3 Å². The van der Waals surface area contributed by atoms with Crippen molar-refractivity contribution in [3.63, 3.8) is 0 Å². The summed E-state index contributed by atoms with van der Waals surface area (Å²) < 4.78 is 4.76. The van der Waals surface area contributed by atoms with E-state index in [0.29, 0.717) is 24.0 Å². The Hall–Kier alpha value is -4.39. The van der Waals surface area contributed by atoms with E-state index >= 15 is 0 Å². The number of carbonyl (C=O) groups excluding carboxylic acids is 3. The molecule has 0 aliphatic heterocycles. The molecule has 0 saturated heterocycles. The zero-order chi connectivity index (χ0) is 23.9.